The van der Waals surface area contributed by atoms with Crippen LogP contribution in [0.4, 0.5) is 5.69 Å². The Kier molecular flexibility index (Phi) is 6.50. The van der Waals surface area contributed by atoms with Crippen LogP contribution in [-0.4, -0.2) is 7.05 Å². The van der Waals surface area contributed by atoms with Crippen molar-refractivity contribution in [3.05, 3.63) is 105 Å². The zero-order chi connectivity index (χ0) is 26.5. The maximum atomic E-state index is 6.30. The Bertz CT molecular complexity index is 1700. The summed E-state index contributed by atoms with van der Waals surface area (Å²) in [5.41, 5.74) is 9.15. The maximum absolute atomic E-state index is 6.30. The molecule has 2 aliphatic carbocycles. The third-order valence-corrected chi connectivity index (χ3v) is 10.6. The summed E-state index contributed by atoms with van der Waals surface area (Å²) in [5.74, 6) is 3.27. The highest BCUT2D eigenvalue weighted by Gasteiger charge is 2.27. The van der Waals surface area contributed by atoms with E-state index in [4.69, 9.17) is 4.74 Å². The first-order valence-corrected chi connectivity index (χ1v) is 15.8. The maximum Gasteiger partial charge on any atom is 0.262 e. The minimum atomic E-state index is 0.659. The average molecular weight is 568 g/mol. The molecule has 0 amide bonds. The molecule has 0 spiro atoms. The molecule has 0 bridgehead atoms. The summed E-state index contributed by atoms with van der Waals surface area (Å²) in [6.07, 6.45) is 14.2. The van der Waals surface area contributed by atoms with E-state index < -0.39 is 0 Å². The van der Waals surface area contributed by atoms with E-state index >= 15 is 0 Å². The van der Waals surface area contributed by atoms with E-state index in [1.165, 1.54) is 60.8 Å². The topological polar surface area (TPSA) is 16.4 Å². The molecule has 0 saturated heterocycles. The third-order valence-electron chi connectivity index (χ3n) is 8.14. The minimum absolute atomic E-state index is 0.659. The van der Waals surface area contributed by atoms with Crippen LogP contribution in [0, 0.1) is 5.92 Å². The number of hydrogen-bond acceptors (Lipinski definition) is 5. The molecule has 2 aromatic carbocycles. The molecule has 3 heterocycles. The van der Waals surface area contributed by atoms with E-state index in [0.717, 1.165) is 35.9 Å². The van der Waals surface area contributed by atoms with Gasteiger partial charge in [-0.05, 0) is 95.2 Å². The van der Waals surface area contributed by atoms with E-state index in [1.54, 1.807) is 11.3 Å². The summed E-state index contributed by atoms with van der Waals surface area (Å²) in [4.78, 5) is 3.46. The molecular weight excluding hydrogens is 537 g/mol. The Labute approximate surface area is 243 Å². The minimum Gasteiger partial charge on any atom is -0.439 e. The molecule has 1 atom stereocenters. The van der Waals surface area contributed by atoms with E-state index in [1.807, 2.05) is 11.3 Å². The van der Waals surface area contributed by atoms with Crippen molar-refractivity contribution in [1.29, 1.82) is 0 Å². The largest absolute Gasteiger partial charge is 0.439 e. The molecule has 0 saturated carbocycles. The van der Waals surface area contributed by atoms with Crippen LogP contribution in [0.15, 0.2) is 94.7 Å². The van der Waals surface area contributed by atoms with Crippen LogP contribution < -0.4 is 14.2 Å². The number of benzene rings is 2. The molecular formula is C33H31N2OS3+. The van der Waals surface area contributed by atoms with E-state index in [2.05, 4.69) is 114 Å². The van der Waals surface area contributed by atoms with Crippen molar-refractivity contribution in [1.82, 2.24) is 0 Å². The van der Waals surface area contributed by atoms with Crippen molar-refractivity contribution >= 4 is 57.3 Å². The summed E-state index contributed by atoms with van der Waals surface area (Å²) >= 11 is 8.09. The van der Waals surface area contributed by atoms with Gasteiger partial charge in [0.1, 0.15) is 11.7 Å². The van der Waals surface area contributed by atoms with Crippen molar-refractivity contribution in [2.75, 3.05) is 11.9 Å². The molecule has 7 rings (SSSR count). The summed E-state index contributed by atoms with van der Waals surface area (Å²) in [6, 6.07) is 17.4. The summed E-state index contributed by atoms with van der Waals surface area (Å²) in [7, 11) is 4.28. The van der Waals surface area contributed by atoms with E-state index in [-0.39, 0.29) is 0 Å². The van der Waals surface area contributed by atoms with Gasteiger partial charge < -0.3 is 9.64 Å². The smallest absolute Gasteiger partial charge is 0.262 e. The molecule has 4 aromatic rings. The quantitative estimate of drug-likeness (QED) is 0.196. The van der Waals surface area contributed by atoms with Crippen LogP contribution in [0.3, 0.4) is 0 Å². The van der Waals surface area contributed by atoms with Crippen molar-refractivity contribution < 1.29 is 9.30 Å². The van der Waals surface area contributed by atoms with Gasteiger partial charge in [0.15, 0.2) is 5.75 Å². The number of allylic oxidation sites excluding steroid dienone is 6. The van der Waals surface area contributed by atoms with Gasteiger partial charge in [0, 0.05) is 35.9 Å². The molecule has 1 unspecified atom stereocenters. The predicted molar refractivity (Wildman–Crippen MR) is 169 cm³/mol. The summed E-state index contributed by atoms with van der Waals surface area (Å²) in [5, 5.41) is 3.42. The number of thiol groups is 1. The number of nitrogens with zero attached hydrogens (tertiary/aromatic N) is 2. The molecule has 1 aliphatic heterocycles. The highest BCUT2D eigenvalue weighted by atomic mass is 32.1. The Hall–Kier alpha value is -3.06. The van der Waals surface area contributed by atoms with Gasteiger partial charge in [-0.15, -0.1) is 11.3 Å². The zero-order valence-electron chi connectivity index (χ0n) is 22.2. The number of anilines is 1. The lowest BCUT2D eigenvalue weighted by Gasteiger charge is -2.28. The number of ether oxygens (including phenoxy) is 1. The van der Waals surface area contributed by atoms with Crippen molar-refractivity contribution in [3.8, 4) is 16.2 Å². The molecule has 2 aromatic heterocycles. The summed E-state index contributed by atoms with van der Waals surface area (Å²) < 4.78 is 9.95. The normalized spacial score (nSPS) is 20.7. The SMILES string of the molecule is CN1/C(=C/C2=CC3=C/C(=C/c4sc5cc(CS)ccc5[n+]4C)CCC3CC2)Oc2ccc(-c3cccs3)cc21. The van der Waals surface area contributed by atoms with Gasteiger partial charge in [0.2, 0.25) is 11.4 Å². The number of aryl methyl sites for hydroxylation is 1. The number of thiazole rings is 1. The third kappa shape index (κ3) is 4.69. The fourth-order valence-corrected chi connectivity index (χ4v) is 8.00. The number of aromatic nitrogens is 1. The van der Waals surface area contributed by atoms with Gasteiger partial charge in [-0.2, -0.15) is 17.2 Å². The van der Waals surface area contributed by atoms with E-state index in [9.17, 15) is 0 Å². The van der Waals surface area contributed by atoms with Gasteiger partial charge in [0.25, 0.3) is 5.01 Å². The van der Waals surface area contributed by atoms with Crippen LogP contribution in [0.25, 0.3) is 26.7 Å². The lowest BCUT2D eigenvalue weighted by molar-refractivity contribution is -0.642. The van der Waals surface area contributed by atoms with Gasteiger partial charge >= 0.3 is 0 Å². The van der Waals surface area contributed by atoms with Gasteiger partial charge in [-0.25, -0.2) is 0 Å². The van der Waals surface area contributed by atoms with Gasteiger partial charge in [0.05, 0.1) is 5.69 Å². The molecule has 0 radical (unpaired) electrons. The van der Waals surface area contributed by atoms with Crippen LogP contribution in [0.2, 0.25) is 0 Å². The monoisotopic (exact) mass is 567 g/mol. The second kappa shape index (κ2) is 10.2. The van der Waals surface area contributed by atoms with Crippen LogP contribution >= 0.6 is 35.3 Å². The standard InChI is InChI=1S/C33H30N2OS3/c1-34-28-19-25(30-4-3-13-38-30)10-12-29(28)36-32(34)17-21-5-8-24-9-6-22(15-26(24)14-21)18-33-35(2)27-11-7-23(20-37)16-31(27)39-33/h3-4,7,10-19,24H,5-6,8-9,20H2,1-2H3/p+1. The second-order valence-electron chi connectivity index (χ2n) is 10.6. The van der Waals surface area contributed by atoms with E-state index in [0.29, 0.717) is 5.92 Å². The van der Waals surface area contributed by atoms with Crippen LogP contribution in [0.1, 0.15) is 36.3 Å². The second-order valence-corrected chi connectivity index (χ2v) is 12.9. The van der Waals surface area contributed by atoms with Crippen molar-refractivity contribution in [2.24, 2.45) is 13.0 Å². The average Bonchev–Trinajstić information content (AvgIpc) is 3.67. The fraction of sp³-hybridized carbons (Fsp3) is 0.242. The molecule has 0 N–H and O–H groups in total. The Morgan fingerprint density at radius 1 is 1.08 bits per heavy atom. The van der Waals surface area contributed by atoms with Crippen LogP contribution in [0.5, 0.6) is 5.75 Å². The molecule has 6 heteroatoms. The highest BCUT2D eigenvalue weighted by Crippen LogP contribution is 2.43. The molecule has 196 valence electrons. The number of rotatable bonds is 4. The molecule has 3 nitrogen and oxygen atoms in total. The lowest BCUT2D eigenvalue weighted by atomic mass is 9.77. The van der Waals surface area contributed by atoms with Crippen molar-refractivity contribution in [3.63, 3.8) is 0 Å². The highest BCUT2D eigenvalue weighted by molar-refractivity contribution is 7.79. The van der Waals surface area contributed by atoms with Gasteiger partial charge in [-0.3, -0.25) is 0 Å². The number of fused-ring (bicyclic) bond motifs is 3. The zero-order valence-corrected chi connectivity index (χ0v) is 24.7. The first-order valence-electron chi connectivity index (χ1n) is 13.5. The molecule has 0 fully saturated rings. The predicted octanol–water partition coefficient (Wildman–Crippen LogP) is 8.69. The lowest BCUT2D eigenvalue weighted by Crippen LogP contribution is -2.29. The fourth-order valence-electron chi connectivity index (χ4n) is 5.88. The first kappa shape index (κ1) is 24.9. The number of thiophene rings is 1. The molecule has 3 aliphatic rings. The Balaban J connectivity index is 1.16. The summed E-state index contributed by atoms with van der Waals surface area (Å²) in [6.45, 7) is 0. The Morgan fingerprint density at radius 3 is 2.82 bits per heavy atom. The first-order chi connectivity index (χ1) is 19.1. The van der Waals surface area contributed by atoms with Crippen LogP contribution in [-0.2, 0) is 12.8 Å². The molecule has 39 heavy (non-hydrogen) atoms. The Morgan fingerprint density at radius 2 is 1.97 bits per heavy atom. The van der Waals surface area contributed by atoms with Gasteiger partial charge in [-0.1, -0.05) is 35.6 Å². The number of hydrogen-bond donors (Lipinski definition) is 1. The van der Waals surface area contributed by atoms with Crippen molar-refractivity contribution in [2.45, 2.75) is 31.4 Å².